The molecule has 1 saturated heterocycles. The molecule has 31 heavy (non-hydrogen) atoms. The predicted molar refractivity (Wildman–Crippen MR) is 122 cm³/mol. The minimum Gasteiger partial charge on any atom is -0.353 e. The second-order valence-corrected chi connectivity index (χ2v) is 9.67. The summed E-state index contributed by atoms with van der Waals surface area (Å²) in [5, 5.41) is 3.16. The van der Waals surface area contributed by atoms with Gasteiger partial charge in [-0.25, -0.2) is 0 Å². The van der Waals surface area contributed by atoms with E-state index in [1.807, 2.05) is 43.1 Å². The van der Waals surface area contributed by atoms with E-state index in [0.29, 0.717) is 18.9 Å². The Labute approximate surface area is 185 Å². The molecule has 164 valence electrons. The number of likely N-dealkylation sites (tertiary alicyclic amines) is 1. The van der Waals surface area contributed by atoms with Crippen molar-refractivity contribution in [3.05, 3.63) is 54.4 Å². The quantitative estimate of drug-likeness (QED) is 0.767. The number of carbonyl (C=O) groups excluding carboxylic acids is 2. The van der Waals surface area contributed by atoms with Gasteiger partial charge in [0.1, 0.15) is 0 Å². The largest absolute Gasteiger partial charge is 0.353 e. The lowest BCUT2D eigenvalue weighted by Crippen LogP contribution is -2.55. The fourth-order valence-electron chi connectivity index (χ4n) is 4.89. The zero-order valence-corrected chi connectivity index (χ0v) is 18.8. The highest BCUT2D eigenvalue weighted by Crippen LogP contribution is 2.42. The molecule has 1 aromatic carbocycles. The third kappa shape index (κ3) is 4.65. The van der Waals surface area contributed by atoms with Crippen LogP contribution in [-0.2, 0) is 16.0 Å². The second-order valence-electron chi connectivity index (χ2n) is 9.67. The zero-order valence-electron chi connectivity index (χ0n) is 18.8. The van der Waals surface area contributed by atoms with E-state index in [1.54, 1.807) is 6.20 Å². The van der Waals surface area contributed by atoms with E-state index in [0.717, 1.165) is 42.5 Å². The Kier molecular flexibility index (Phi) is 6.12. The number of pyridine rings is 1. The molecule has 4 rings (SSSR count). The number of nitrogens with zero attached hydrogens (tertiary/aromatic N) is 2. The zero-order chi connectivity index (χ0) is 22.0. The molecule has 5 nitrogen and oxygen atoms in total. The molecular weight excluding hydrogens is 386 g/mol. The van der Waals surface area contributed by atoms with Gasteiger partial charge in [-0.15, -0.1) is 0 Å². The smallest absolute Gasteiger partial charge is 0.228 e. The number of hydrogen-bond acceptors (Lipinski definition) is 3. The molecule has 1 aliphatic carbocycles. The van der Waals surface area contributed by atoms with Crippen LogP contribution in [0.25, 0.3) is 11.1 Å². The highest BCUT2D eigenvalue weighted by atomic mass is 16.2. The number of piperidine rings is 1. The van der Waals surface area contributed by atoms with Crippen LogP contribution in [-0.4, -0.2) is 40.8 Å². The third-order valence-electron chi connectivity index (χ3n) is 6.74. The molecule has 1 N–H and O–H groups in total. The summed E-state index contributed by atoms with van der Waals surface area (Å²) < 4.78 is 0. The lowest BCUT2D eigenvalue weighted by Gasteiger charge is -2.42. The van der Waals surface area contributed by atoms with Crippen LogP contribution in [0.5, 0.6) is 0 Å². The molecule has 0 radical (unpaired) electrons. The summed E-state index contributed by atoms with van der Waals surface area (Å²) in [6.45, 7) is 7.37. The van der Waals surface area contributed by atoms with Crippen molar-refractivity contribution in [2.45, 2.75) is 52.5 Å². The molecule has 2 aromatic rings. The minimum absolute atomic E-state index is 0.0600. The summed E-state index contributed by atoms with van der Waals surface area (Å²) in [7, 11) is 0. The number of amides is 2. The average Bonchev–Trinajstić information content (AvgIpc) is 3.50. The van der Waals surface area contributed by atoms with Crippen molar-refractivity contribution in [2.24, 2.45) is 17.3 Å². The molecule has 2 aliphatic rings. The van der Waals surface area contributed by atoms with E-state index < -0.39 is 5.41 Å². The Balaban J connectivity index is 1.67. The number of carbonyl (C=O) groups is 2. The first-order valence-corrected chi connectivity index (χ1v) is 11.5. The van der Waals surface area contributed by atoms with Gasteiger partial charge in [-0.3, -0.25) is 14.6 Å². The maximum Gasteiger partial charge on any atom is 0.228 e. The predicted octanol–water partition coefficient (Wildman–Crippen LogP) is 4.08. The van der Waals surface area contributed by atoms with Gasteiger partial charge in [0.2, 0.25) is 11.8 Å². The molecule has 2 heterocycles. The minimum atomic E-state index is -0.616. The lowest BCUT2D eigenvalue weighted by molar-refractivity contribution is -0.142. The van der Waals surface area contributed by atoms with Crippen LogP contribution >= 0.6 is 0 Å². The van der Waals surface area contributed by atoms with Crippen LogP contribution in [0.15, 0.2) is 48.8 Å². The van der Waals surface area contributed by atoms with Crippen molar-refractivity contribution in [1.82, 2.24) is 15.2 Å². The van der Waals surface area contributed by atoms with Crippen molar-refractivity contribution < 1.29 is 9.59 Å². The van der Waals surface area contributed by atoms with Crippen LogP contribution in [0.1, 0.15) is 45.6 Å². The highest BCUT2D eigenvalue weighted by Gasteiger charge is 2.48. The molecule has 0 bridgehead atoms. The summed E-state index contributed by atoms with van der Waals surface area (Å²) >= 11 is 0. The Morgan fingerprint density at radius 1 is 1.23 bits per heavy atom. The molecule has 1 aliphatic heterocycles. The first kappa shape index (κ1) is 21.5. The van der Waals surface area contributed by atoms with Gasteiger partial charge in [0.15, 0.2) is 0 Å². The summed E-state index contributed by atoms with van der Waals surface area (Å²) in [5.74, 6) is 0.908. The monoisotopic (exact) mass is 419 g/mol. The standard InChI is InChI=1S/C26H33N3O2/c1-18(2)28-25(31)26(11-7-13-29(17-26)24(30)23-14-19(23)3)15-20-8-4-5-10-22(20)21-9-6-12-27-16-21/h4-6,8-10,12,16,18-19,23H,7,11,13-15,17H2,1-3H3,(H,28,31)/t19-,23+,26+/m1/s1. The van der Waals surface area contributed by atoms with Crippen LogP contribution in [0.2, 0.25) is 0 Å². The van der Waals surface area contributed by atoms with Crippen molar-refractivity contribution in [1.29, 1.82) is 0 Å². The van der Waals surface area contributed by atoms with Crippen molar-refractivity contribution in [3.63, 3.8) is 0 Å². The van der Waals surface area contributed by atoms with Gasteiger partial charge in [-0.05, 0) is 62.6 Å². The van der Waals surface area contributed by atoms with Gasteiger partial charge in [0, 0.05) is 43.0 Å². The SMILES string of the molecule is CC(C)NC(=O)[C@]1(Cc2ccccc2-c2cccnc2)CCCN(C(=O)[C@H]2C[C@H]2C)C1. The first-order chi connectivity index (χ1) is 14.9. The van der Waals surface area contributed by atoms with E-state index in [1.165, 1.54) is 0 Å². The van der Waals surface area contributed by atoms with E-state index in [2.05, 4.69) is 35.4 Å². The molecule has 0 unspecified atom stereocenters. The van der Waals surface area contributed by atoms with Crippen LogP contribution in [0, 0.1) is 17.3 Å². The molecule has 3 atom stereocenters. The number of aromatic nitrogens is 1. The fourth-order valence-corrected chi connectivity index (χ4v) is 4.89. The second kappa shape index (κ2) is 8.81. The van der Waals surface area contributed by atoms with E-state index in [9.17, 15) is 9.59 Å². The maximum atomic E-state index is 13.5. The molecule has 0 spiro atoms. The van der Waals surface area contributed by atoms with Crippen molar-refractivity contribution >= 4 is 11.8 Å². The van der Waals surface area contributed by atoms with Gasteiger partial charge >= 0.3 is 0 Å². The summed E-state index contributed by atoms with van der Waals surface area (Å²) in [5.41, 5.74) is 2.66. The summed E-state index contributed by atoms with van der Waals surface area (Å²) in [6, 6.07) is 12.3. The highest BCUT2D eigenvalue weighted by molar-refractivity contribution is 5.87. The van der Waals surface area contributed by atoms with Gasteiger partial charge in [0.25, 0.3) is 0 Å². The van der Waals surface area contributed by atoms with Gasteiger partial charge < -0.3 is 10.2 Å². The summed E-state index contributed by atoms with van der Waals surface area (Å²) in [4.78, 5) is 32.8. The van der Waals surface area contributed by atoms with E-state index >= 15 is 0 Å². The Morgan fingerprint density at radius 2 is 2.00 bits per heavy atom. The average molecular weight is 420 g/mol. The maximum absolute atomic E-state index is 13.5. The number of hydrogen-bond donors (Lipinski definition) is 1. The van der Waals surface area contributed by atoms with Gasteiger partial charge in [0.05, 0.1) is 5.41 Å². The van der Waals surface area contributed by atoms with Crippen molar-refractivity contribution in [3.8, 4) is 11.1 Å². The molecule has 1 saturated carbocycles. The number of nitrogens with one attached hydrogen (secondary N) is 1. The van der Waals surface area contributed by atoms with Gasteiger partial charge in [-0.1, -0.05) is 37.3 Å². The Bertz CT molecular complexity index is 943. The number of benzene rings is 1. The molecule has 2 fully saturated rings. The normalized spacial score (nSPS) is 25.4. The Morgan fingerprint density at radius 3 is 2.68 bits per heavy atom. The fraction of sp³-hybridized carbons (Fsp3) is 0.500. The van der Waals surface area contributed by atoms with Crippen LogP contribution in [0.4, 0.5) is 0 Å². The molecular formula is C26H33N3O2. The van der Waals surface area contributed by atoms with Crippen molar-refractivity contribution in [2.75, 3.05) is 13.1 Å². The van der Waals surface area contributed by atoms with Crippen LogP contribution < -0.4 is 5.32 Å². The molecule has 1 aromatic heterocycles. The third-order valence-corrected chi connectivity index (χ3v) is 6.74. The molecule has 2 amide bonds. The Hall–Kier alpha value is -2.69. The number of rotatable bonds is 6. The van der Waals surface area contributed by atoms with E-state index in [4.69, 9.17) is 0 Å². The van der Waals surface area contributed by atoms with Gasteiger partial charge in [-0.2, -0.15) is 0 Å². The first-order valence-electron chi connectivity index (χ1n) is 11.5. The molecule has 5 heteroatoms. The topological polar surface area (TPSA) is 62.3 Å². The summed E-state index contributed by atoms with van der Waals surface area (Å²) in [6.07, 6.45) is 6.87. The van der Waals surface area contributed by atoms with E-state index in [-0.39, 0.29) is 23.8 Å². The van der Waals surface area contributed by atoms with Crippen LogP contribution in [0.3, 0.4) is 0 Å². The lowest BCUT2D eigenvalue weighted by atomic mass is 9.73.